The van der Waals surface area contributed by atoms with E-state index in [1.807, 2.05) is 0 Å². The van der Waals surface area contributed by atoms with E-state index in [0.29, 0.717) is 6.42 Å². The second-order valence-electron chi connectivity index (χ2n) is 6.82. The van der Waals surface area contributed by atoms with Gasteiger partial charge in [-0.2, -0.15) is 28.1 Å². The number of alkyl halides is 3. The number of rotatable bonds is 6. The van der Waals surface area contributed by atoms with Gasteiger partial charge in [0, 0.05) is 11.6 Å². The molecule has 2 atom stereocenters. The van der Waals surface area contributed by atoms with Crippen LogP contribution in [0.3, 0.4) is 0 Å². The van der Waals surface area contributed by atoms with Gasteiger partial charge in [0.2, 0.25) is 11.9 Å². The van der Waals surface area contributed by atoms with E-state index >= 15 is 0 Å². The van der Waals surface area contributed by atoms with Crippen LogP contribution in [0.4, 0.5) is 29.5 Å². The number of nitrogens with zero attached hydrogens (tertiary/aromatic N) is 3. The molecule has 2 radical (unpaired) electrons. The van der Waals surface area contributed by atoms with Crippen molar-refractivity contribution in [2.45, 2.75) is 70.2 Å². The fourth-order valence-electron chi connectivity index (χ4n) is 2.69. The molecule has 2 rings (SSSR count). The van der Waals surface area contributed by atoms with Crippen LogP contribution in [0.15, 0.2) is 5.83 Å². The lowest BCUT2D eigenvalue weighted by Crippen LogP contribution is -2.36. The molecule has 0 aromatic carbocycles. The fourth-order valence-corrected chi connectivity index (χ4v) is 2.69. The third kappa shape index (κ3) is 5.30. The monoisotopic (exact) mass is 387 g/mol. The molecule has 11 heteroatoms. The van der Waals surface area contributed by atoms with E-state index in [9.17, 15) is 22.7 Å². The maximum atomic E-state index is 14.5. The Morgan fingerprint density at radius 3 is 2.30 bits per heavy atom. The molecule has 0 fully saturated rings. The number of nitrogens with one attached hydrogen (secondary N) is 2. The van der Waals surface area contributed by atoms with Gasteiger partial charge >= 0.3 is 6.18 Å². The predicted molar refractivity (Wildman–Crippen MR) is 94.9 cm³/mol. The number of hydrogen-bond donors (Lipinski definition) is 3. The molecule has 6 nitrogen and oxygen atoms in total. The van der Waals surface area contributed by atoms with Crippen molar-refractivity contribution in [2.75, 3.05) is 10.6 Å². The van der Waals surface area contributed by atoms with Gasteiger partial charge < -0.3 is 15.7 Å². The minimum absolute atomic E-state index is 0.000891. The average molecular weight is 387 g/mol. The van der Waals surface area contributed by atoms with Crippen molar-refractivity contribution in [3.05, 3.63) is 11.7 Å². The van der Waals surface area contributed by atoms with Crippen LogP contribution < -0.4 is 10.6 Å². The fraction of sp³-hybridized carbons (Fsp3) is 0.688. The highest BCUT2D eigenvalue weighted by molar-refractivity contribution is 6.17. The summed E-state index contributed by atoms with van der Waals surface area (Å²) in [5.41, 5.74) is -2.18. The van der Waals surface area contributed by atoms with Gasteiger partial charge in [-0.25, -0.2) is 4.39 Å². The molecule has 0 spiro atoms. The maximum Gasteiger partial charge on any atom is 0.408 e. The zero-order valence-corrected chi connectivity index (χ0v) is 15.4. The van der Waals surface area contributed by atoms with Crippen molar-refractivity contribution < 1.29 is 22.7 Å². The van der Waals surface area contributed by atoms with E-state index in [2.05, 4.69) is 25.6 Å². The first-order valence-corrected chi connectivity index (χ1v) is 8.70. The van der Waals surface area contributed by atoms with Crippen LogP contribution in [-0.2, 0) is 0 Å². The minimum atomic E-state index is -4.50. The van der Waals surface area contributed by atoms with Gasteiger partial charge in [0.25, 0.3) is 0 Å². The van der Waals surface area contributed by atoms with E-state index in [1.54, 1.807) is 13.8 Å². The van der Waals surface area contributed by atoms with Crippen LogP contribution in [-0.4, -0.2) is 51.7 Å². The Morgan fingerprint density at radius 2 is 1.78 bits per heavy atom. The molecule has 0 amide bonds. The summed E-state index contributed by atoms with van der Waals surface area (Å²) in [7, 11) is 5.54. The number of aromatic nitrogens is 3. The van der Waals surface area contributed by atoms with Gasteiger partial charge in [0.1, 0.15) is 19.7 Å². The van der Waals surface area contributed by atoms with Gasteiger partial charge in [0.05, 0.1) is 5.50 Å². The van der Waals surface area contributed by atoms with E-state index in [1.165, 1.54) is 6.92 Å². The normalized spacial score (nSPS) is 22.1. The number of aliphatic hydroxyl groups is 1. The SMILES string of the molecule is [B]C1(O)CCCC(c2nc(NC(C)C)nc(N[C@H](CC)C(F)(F)F)n2)=C1F. The predicted octanol–water partition coefficient (Wildman–Crippen LogP) is 3.17. The Kier molecular flexibility index (Phi) is 6.33. The first kappa shape index (κ1) is 21.4. The Bertz CT molecular complexity index is 709. The van der Waals surface area contributed by atoms with Crippen LogP contribution in [0, 0.1) is 0 Å². The molecule has 1 aliphatic rings. The first-order valence-electron chi connectivity index (χ1n) is 8.70. The summed E-state index contributed by atoms with van der Waals surface area (Å²) in [5, 5.41) is 15.0. The molecule has 0 bridgehead atoms. The molecule has 1 aliphatic carbocycles. The van der Waals surface area contributed by atoms with E-state index in [4.69, 9.17) is 7.85 Å². The third-order valence-corrected chi connectivity index (χ3v) is 4.06. The molecule has 0 saturated carbocycles. The van der Waals surface area contributed by atoms with Crippen LogP contribution in [0.25, 0.3) is 5.57 Å². The van der Waals surface area contributed by atoms with E-state index < -0.39 is 23.5 Å². The van der Waals surface area contributed by atoms with Crippen molar-refractivity contribution in [3.63, 3.8) is 0 Å². The Morgan fingerprint density at radius 1 is 1.19 bits per heavy atom. The molecule has 1 aromatic heterocycles. The Hall–Kier alpha value is -1.91. The van der Waals surface area contributed by atoms with Crippen LogP contribution in [0.2, 0.25) is 0 Å². The molecular weight excluding hydrogens is 365 g/mol. The molecule has 1 heterocycles. The molecule has 27 heavy (non-hydrogen) atoms. The number of halogens is 4. The summed E-state index contributed by atoms with van der Waals surface area (Å²) in [6.45, 7) is 4.96. The largest absolute Gasteiger partial charge is 0.408 e. The topological polar surface area (TPSA) is 83.0 Å². The summed E-state index contributed by atoms with van der Waals surface area (Å²) in [6.07, 6.45) is -4.12. The van der Waals surface area contributed by atoms with Crippen molar-refractivity contribution in [2.24, 2.45) is 0 Å². The first-order chi connectivity index (χ1) is 12.4. The summed E-state index contributed by atoms with van der Waals surface area (Å²) in [5.74, 6) is -1.47. The Balaban J connectivity index is 2.49. The highest BCUT2D eigenvalue weighted by Crippen LogP contribution is 2.37. The van der Waals surface area contributed by atoms with Gasteiger partial charge in [0.15, 0.2) is 5.82 Å². The number of allylic oxidation sites excluding steroid dienone is 1. The van der Waals surface area contributed by atoms with Crippen molar-refractivity contribution in [3.8, 4) is 0 Å². The maximum absolute atomic E-state index is 14.5. The molecular formula is C16H22BF4N5O. The standard InChI is InChI=1S/C16H22BF4N5O/c1-4-10(16(19,20)21)23-14-25-12(24-13(26-14)22-8(2)3)9-6-5-7-15(17,27)11(9)18/h8,10,27H,4-7H2,1-3H3,(H2,22,23,24,25,26)/t10-,15?/m1/s1. The summed E-state index contributed by atoms with van der Waals surface area (Å²) >= 11 is 0. The highest BCUT2D eigenvalue weighted by Gasteiger charge is 2.39. The van der Waals surface area contributed by atoms with Gasteiger partial charge in [-0.3, -0.25) is 0 Å². The minimum Gasteiger partial charge on any atom is -0.393 e. The number of anilines is 2. The van der Waals surface area contributed by atoms with Crippen LogP contribution in [0.1, 0.15) is 52.3 Å². The molecule has 0 saturated heterocycles. The second kappa shape index (κ2) is 7.99. The Labute approximate surface area is 156 Å². The summed E-state index contributed by atoms with van der Waals surface area (Å²) in [4.78, 5) is 12.0. The van der Waals surface area contributed by atoms with E-state index in [0.717, 1.165) is 0 Å². The summed E-state index contributed by atoms with van der Waals surface area (Å²) in [6, 6.07) is -1.98. The second-order valence-corrected chi connectivity index (χ2v) is 6.82. The van der Waals surface area contributed by atoms with Crippen LogP contribution >= 0.6 is 0 Å². The van der Waals surface area contributed by atoms with Crippen LogP contribution in [0.5, 0.6) is 0 Å². The van der Waals surface area contributed by atoms with Gasteiger partial charge in [-0.15, -0.1) is 0 Å². The summed E-state index contributed by atoms with van der Waals surface area (Å²) < 4.78 is 53.7. The molecule has 148 valence electrons. The average Bonchev–Trinajstić information content (AvgIpc) is 2.53. The molecule has 3 N–H and O–H groups in total. The highest BCUT2D eigenvalue weighted by atomic mass is 19.4. The zero-order valence-electron chi connectivity index (χ0n) is 15.4. The lowest BCUT2D eigenvalue weighted by molar-refractivity contribution is -0.143. The van der Waals surface area contributed by atoms with Gasteiger partial charge in [-0.1, -0.05) is 6.92 Å². The van der Waals surface area contributed by atoms with Crippen molar-refractivity contribution in [1.82, 2.24) is 15.0 Å². The lowest BCUT2D eigenvalue weighted by atomic mass is 9.71. The molecule has 1 aromatic rings. The van der Waals surface area contributed by atoms with E-state index in [-0.39, 0.29) is 48.6 Å². The van der Waals surface area contributed by atoms with Gasteiger partial charge in [-0.05, 0) is 39.5 Å². The number of hydrogen-bond acceptors (Lipinski definition) is 6. The lowest BCUT2D eigenvalue weighted by Gasteiger charge is -2.29. The zero-order chi connectivity index (χ0) is 20.4. The quantitative estimate of drug-likeness (QED) is 0.514. The third-order valence-electron chi connectivity index (χ3n) is 4.06. The molecule has 1 unspecified atom stereocenters. The van der Waals surface area contributed by atoms with Crippen molar-refractivity contribution >= 4 is 25.3 Å². The van der Waals surface area contributed by atoms with Crippen molar-refractivity contribution in [1.29, 1.82) is 0 Å². The molecule has 0 aliphatic heterocycles. The smallest absolute Gasteiger partial charge is 0.393 e.